The lowest BCUT2D eigenvalue weighted by atomic mass is 10.2. The summed E-state index contributed by atoms with van der Waals surface area (Å²) in [6, 6.07) is 22.6. The number of nitrogens with zero attached hydrogens (tertiary/aromatic N) is 3. The number of benzene rings is 3. The lowest BCUT2D eigenvalue weighted by Crippen LogP contribution is -2.17. The first-order valence-electron chi connectivity index (χ1n) is 10.3. The van der Waals surface area contributed by atoms with Gasteiger partial charge in [-0.15, -0.1) is 10.2 Å². The second-order valence-corrected chi connectivity index (χ2v) is 8.56. The second kappa shape index (κ2) is 9.56. The molecule has 1 aliphatic rings. The van der Waals surface area contributed by atoms with Crippen molar-refractivity contribution in [2.45, 2.75) is 5.16 Å². The standard InChI is InChI=1S/C24H19ClN4O3S/c25-17-8-6-16(7-9-17)23-27-28-24(29(23)19-4-2-1-3-5-19)33-15-22(30)26-18-10-11-20-21(14-18)32-13-12-31-20/h1-11,14H,12-13,15H2,(H,26,30). The summed E-state index contributed by atoms with van der Waals surface area (Å²) in [6.07, 6.45) is 0. The number of fused-ring (bicyclic) bond motifs is 1. The number of amides is 1. The summed E-state index contributed by atoms with van der Waals surface area (Å²) in [5.74, 6) is 1.99. The Morgan fingerprint density at radius 1 is 0.970 bits per heavy atom. The summed E-state index contributed by atoms with van der Waals surface area (Å²) in [4.78, 5) is 12.6. The Morgan fingerprint density at radius 2 is 1.73 bits per heavy atom. The van der Waals surface area contributed by atoms with Crippen LogP contribution in [0, 0.1) is 0 Å². The van der Waals surface area contributed by atoms with Crippen LogP contribution < -0.4 is 14.8 Å². The van der Waals surface area contributed by atoms with Gasteiger partial charge in [-0.1, -0.05) is 41.6 Å². The quantitative estimate of drug-likeness (QED) is 0.389. The van der Waals surface area contributed by atoms with E-state index < -0.39 is 0 Å². The van der Waals surface area contributed by atoms with Crippen molar-refractivity contribution < 1.29 is 14.3 Å². The van der Waals surface area contributed by atoms with E-state index in [1.54, 1.807) is 18.2 Å². The minimum atomic E-state index is -0.160. The molecule has 33 heavy (non-hydrogen) atoms. The Labute approximate surface area is 199 Å². The van der Waals surface area contributed by atoms with Crippen molar-refractivity contribution in [3.05, 3.63) is 77.8 Å². The molecule has 4 aromatic rings. The molecule has 1 N–H and O–H groups in total. The van der Waals surface area contributed by atoms with Gasteiger partial charge >= 0.3 is 0 Å². The average molecular weight is 479 g/mol. The second-order valence-electron chi connectivity index (χ2n) is 7.18. The minimum Gasteiger partial charge on any atom is -0.486 e. The number of aromatic nitrogens is 3. The summed E-state index contributed by atoms with van der Waals surface area (Å²) >= 11 is 7.36. The fraction of sp³-hybridized carbons (Fsp3) is 0.125. The van der Waals surface area contributed by atoms with Gasteiger partial charge in [-0.05, 0) is 48.5 Å². The highest BCUT2D eigenvalue weighted by Crippen LogP contribution is 2.33. The number of halogens is 1. The largest absolute Gasteiger partial charge is 0.486 e. The maximum absolute atomic E-state index is 12.6. The molecule has 0 atom stereocenters. The molecule has 0 unspecified atom stereocenters. The Morgan fingerprint density at radius 3 is 2.52 bits per heavy atom. The molecule has 0 saturated carbocycles. The summed E-state index contributed by atoms with van der Waals surface area (Å²) in [5, 5.41) is 12.9. The van der Waals surface area contributed by atoms with Crippen molar-refractivity contribution in [3.63, 3.8) is 0 Å². The molecule has 166 valence electrons. The van der Waals surface area contributed by atoms with Crippen LogP contribution in [-0.4, -0.2) is 39.6 Å². The number of rotatable bonds is 6. The monoisotopic (exact) mass is 478 g/mol. The van der Waals surface area contributed by atoms with Crippen molar-refractivity contribution in [1.82, 2.24) is 14.8 Å². The van der Waals surface area contributed by atoms with Gasteiger partial charge in [-0.3, -0.25) is 9.36 Å². The van der Waals surface area contributed by atoms with Crippen LogP contribution in [0.15, 0.2) is 78.0 Å². The first-order chi connectivity index (χ1) is 16.2. The molecule has 0 fully saturated rings. The number of thioether (sulfide) groups is 1. The summed E-state index contributed by atoms with van der Waals surface area (Å²) < 4.78 is 13.0. The average Bonchev–Trinajstić information content (AvgIpc) is 3.28. The zero-order valence-electron chi connectivity index (χ0n) is 17.4. The van der Waals surface area contributed by atoms with E-state index in [-0.39, 0.29) is 11.7 Å². The Balaban J connectivity index is 1.35. The first kappa shape index (κ1) is 21.4. The highest BCUT2D eigenvalue weighted by Gasteiger charge is 2.18. The van der Waals surface area contributed by atoms with Crippen LogP contribution in [0.3, 0.4) is 0 Å². The van der Waals surface area contributed by atoms with E-state index in [2.05, 4.69) is 15.5 Å². The number of ether oxygens (including phenoxy) is 2. The molecule has 5 rings (SSSR count). The number of carbonyl (C=O) groups is 1. The third kappa shape index (κ3) is 4.81. The number of hydrogen-bond donors (Lipinski definition) is 1. The molecule has 0 saturated heterocycles. The number of nitrogens with one attached hydrogen (secondary N) is 1. The van der Waals surface area contributed by atoms with Crippen molar-refractivity contribution in [3.8, 4) is 28.6 Å². The van der Waals surface area contributed by atoms with Crippen molar-refractivity contribution in [1.29, 1.82) is 0 Å². The van der Waals surface area contributed by atoms with Crippen LogP contribution in [-0.2, 0) is 4.79 Å². The van der Waals surface area contributed by atoms with Gasteiger partial charge in [0.25, 0.3) is 0 Å². The predicted molar refractivity (Wildman–Crippen MR) is 129 cm³/mol. The molecule has 0 radical (unpaired) electrons. The van der Waals surface area contributed by atoms with Crippen LogP contribution in [0.1, 0.15) is 0 Å². The first-order valence-corrected chi connectivity index (χ1v) is 11.6. The zero-order valence-corrected chi connectivity index (χ0v) is 19.0. The summed E-state index contributed by atoms with van der Waals surface area (Å²) in [7, 11) is 0. The van der Waals surface area contributed by atoms with Crippen LogP contribution >= 0.6 is 23.4 Å². The van der Waals surface area contributed by atoms with E-state index in [4.69, 9.17) is 21.1 Å². The zero-order chi connectivity index (χ0) is 22.6. The SMILES string of the molecule is O=C(CSc1nnc(-c2ccc(Cl)cc2)n1-c1ccccc1)Nc1ccc2c(c1)OCCO2. The number of carbonyl (C=O) groups excluding carboxylic acids is 1. The Hall–Kier alpha value is -3.49. The third-order valence-electron chi connectivity index (χ3n) is 4.91. The van der Waals surface area contributed by atoms with Gasteiger partial charge in [0.15, 0.2) is 22.5 Å². The van der Waals surface area contributed by atoms with Crippen LogP contribution in [0.5, 0.6) is 11.5 Å². The molecule has 3 aromatic carbocycles. The Kier molecular flexibility index (Phi) is 6.19. The fourth-order valence-electron chi connectivity index (χ4n) is 3.41. The third-order valence-corrected chi connectivity index (χ3v) is 6.09. The molecule has 1 aromatic heterocycles. The molecule has 1 amide bonds. The van der Waals surface area contributed by atoms with Crippen molar-refractivity contribution in [2.75, 3.05) is 24.3 Å². The maximum atomic E-state index is 12.6. The Bertz CT molecular complexity index is 1280. The van der Waals surface area contributed by atoms with Gasteiger partial charge in [0.1, 0.15) is 13.2 Å². The van der Waals surface area contributed by atoms with Gasteiger partial charge in [-0.2, -0.15) is 0 Å². The summed E-state index contributed by atoms with van der Waals surface area (Å²) in [6.45, 7) is 1.01. The molecule has 9 heteroatoms. The molecule has 0 aliphatic carbocycles. The topological polar surface area (TPSA) is 78.3 Å². The highest BCUT2D eigenvalue weighted by molar-refractivity contribution is 7.99. The predicted octanol–water partition coefficient (Wildman–Crippen LogP) is 5.09. The van der Waals surface area contributed by atoms with Crippen LogP contribution in [0.2, 0.25) is 5.02 Å². The minimum absolute atomic E-state index is 0.160. The van der Waals surface area contributed by atoms with E-state index in [1.807, 2.05) is 59.2 Å². The van der Waals surface area contributed by atoms with Crippen molar-refractivity contribution in [2.24, 2.45) is 0 Å². The van der Waals surface area contributed by atoms with Gasteiger partial charge in [-0.25, -0.2) is 0 Å². The molecule has 0 spiro atoms. The normalized spacial score (nSPS) is 12.4. The number of hydrogen-bond acceptors (Lipinski definition) is 6. The number of para-hydroxylation sites is 1. The fourth-order valence-corrected chi connectivity index (χ4v) is 4.29. The molecule has 7 nitrogen and oxygen atoms in total. The lowest BCUT2D eigenvalue weighted by Gasteiger charge is -2.19. The van der Waals surface area contributed by atoms with Gasteiger partial charge in [0.05, 0.1) is 5.75 Å². The van der Waals surface area contributed by atoms with Crippen molar-refractivity contribution >= 4 is 35.0 Å². The molecular formula is C24H19ClN4O3S. The highest BCUT2D eigenvalue weighted by atomic mass is 35.5. The van der Waals surface area contributed by atoms with E-state index in [0.29, 0.717) is 46.4 Å². The number of anilines is 1. The van der Waals surface area contributed by atoms with Crippen LogP contribution in [0.25, 0.3) is 17.1 Å². The maximum Gasteiger partial charge on any atom is 0.234 e. The molecular weight excluding hydrogens is 460 g/mol. The molecule has 2 heterocycles. The van der Waals surface area contributed by atoms with Gasteiger partial charge in [0, 0.05) is 28.0 Å². The van der Waals surface area contributed by atoms with Gasteiger partial charge < -0.3 is 14.8 Å². The molecule has 1 aliphatic heterocycles. The van der Waals surface area contributed by atoms with Gasteiger partial charge in [0.2, 0.25) is 5.91 Å². The van der Waals surface area contributed by atoms with Crippen LogP contribution in [0.4, 0.5) is 5.69 Å². The van der Waals surface area contributed by atoms with E-state index in [0.717, 1.165) is 11.3 Å². The van der Waals surface area contributed by atoms with E-state index >= 15 is 0 Å². The molecule has 0 bridgehead atoms. The lowest BCUT2D eigenvalue weighted by molar-refractivity contribution is -0.113. The smallest absolute Gasteiger partial charge is 0.234 e. The summed E-state index contributed by atoms with van der Waals surface area (Å²) in [5.41, 5.74) is 2.43. The van der Waals surface area contributed by atoms with E-state index in [1.165, 1.54) is 11.8 Å². The van der Waals surface area contributed by atoms with E-state index in [9.17, 15) is 4.79 Å².